The van der Waals surface area contributed by atoms with E-state index in [1.807, 2.05) is 12.1 Å². The molecule has 0 aromatic heterocycles. The van der Waals surface area contributed by atoms with Crippen LogP contribution in [-0.4, -0.2) is 44.4 Å². The molecule has 0 aliphatic carbocycles. The molecule has 19 heavy (non-hydrogen) atoms. The van der Waals surface area contributed by atoms with Crippen LogP contribution in [0.25, 0.3) is 0 Å². The summed E-state index contributed by atoms with van der Waals surface area (Å²) in [5.74, 6) is 0. The Hall–Kier alpha value is -1.26. The Morgan fingerprint density at radius 1 is 1.16 bits per heavy atom. The van der Waals surface area contributed by atoms with E-state index in [2.05, 4.69) is 13.1 Å². The zero-order valence-corrected chi connectivity index (χ0v) is 11.9. The van der Waals surface area contributed by atoms with Gasteiger partial charge in [0.2, 0.25) is 0 Å². The summed E-state index contributed by atoms with van der Waals surface area (Å²) in [5, 5.41) is 0. The molecule has 2 rings (SSSR count). The summed E-state index contributed by atoms with van der Waals surface area (Å²) in [6, 6.07) is 5.84. The molecule has 1 aliphatic rings. The molecule has 0 atom stereocenters. The quantitative estimate of drug-likeness (QED) is 0.483. The van der Waals surface area contributed by atoms with Crippen LogP contribution in [0, 0.1) is 0 Å². The number of unbranched alkanes of at least 4 members (excludes halogenated alkanes) is 1. The Kier molecular flexibility index (Phi) is 4.66. The van der Waals surface area contributed by atoms with Crippen molar-refractivity contribution in [3.05, 3.63) is 23.8 Å². The smallest absolute Gasteiger partial charge is 0.102 e. The number of ether oxygens (including phenoxy) is 1. The summed E-state index contributed by atoms with van der Waals surface area (Å²) < 4.78 is 6.57. The third-order valence-corrected chi connectivity index (χ3v) is 4.11. The molecule has 0 amide bonds. The number of quaternary nitrogens is 1. The Morgan fingerprint density at radius 2 is 1.89 bits per heavy atom. The fourth-order valence-electron chi connectivity index (χ4n) is 2.66. The second-order valence-electron chi connectivity index (χ2n) is 5.82. The number of morpholine rings is 1. The predicted molar refractivity (Wildman–Crippen MR) is 79.8 cm³/mol. The van der Waals surface area contributed by atoms with E-state index < -0.39 is 0 Å². The molecule has 4 nitrogen and oxygen atoms in total. The van der Waals surface area contributed by atoms with Gasteiger partial charge in [-0.25, -0.2) is 0 Å². The van der Waals surface area contributed by atoms with Crippen LogP contribution in [0.5, 0.6) is 0 Å². The van der Waals surface area contributed by atoms with Gasteiger partial charge in [0.1, 0.15) is 13.1 Å². The number of anilines is 2. The highest BCUT2D eigenvalue weighted by atomic mass is 16.5. The van der Waals surface area contributed by atoms with E-state index in [-0.39, 0.29) is 0 Å². The van der Waals surface area contributed by atoms with Gasteiger partial charge in [-0.05, 0) is 37.0 Å². The zero-order chi connectivity index (χ0) is 13.7. The highest BCUT2D eigenvalue weighted by Gasteiger charge is 2.24. The number of rotatable bonds is 5. The molecule has 0 unspecified atom stereocenters. The summed E-state index contributed by atoms with van der Waals surface area (Å²) in [6.45, 7) is 5.33. The van der Waals surface area contributed by atoms with Gasteiger partial charge in [0.05, 0.1) is 26.8 Å². The van der Waals surface area contributed by atoms with E-state index >= 15 is 0 Å². The van der Waals surface area contributed by atoms with Crippen molar-refractivity contribution in [2.45, 2.75) is 19.3 Å². The Bertz CT molecular complexity index is 414. The zero-order valence-electron chi connectivity index (χ0n) is 11.9. The van der Waals surface area contributed by atoms with E-state index in [0.717, 1.165) is 48.6 Å². The van der Waals surface area contributed by atoms with E-state index in [0.29, 0.717) is 0 Å². The second kappa shape index (κ2) is 6.26. The first-order valence-corrected chi connectivity index (χ1v) is 7.14. The monoisotopic (exact) mass is 264 g/mol. The van der Waals surface area contributed by atoms with Crippen LogP contribution in [-0.2, 0) is 11.2 Å². The number of aryl methyl sites for hydroxylation is 1. The minimum Gasteiger partial charge on any atom is -0.399 e. The van der Waals surface area contributed by atoms with Crippen LogP contribution in [0.3, 0.4) is 0 Å². The van der Waals surface area contributed by atoms with Gasteiger partial charge in [-0.1, -0.05) is 6.07 Å². The summed E-state index contributed by atoms with van der Waals surface area (Å²) >= 11 is 0. The van der Waals surface area contributed by atoms with E-state index in [1.54, 1.807) is 0 Å². The van der Waals surface area contributed by atoms with Crippen LogP contribution in [0.1, 0.15) is 18.4 Å². The van der Waals surface area contributed by atoms with E-state index in [1.165, 1.54) is 24.9 Å². The summed E-state index contributed by atoms with van der Waals surface area (Å²) in [4.78, 5) is 0. The topological polar surface area (TPSA) is 61.3 Å². The van der Waals surface area contributed by atoms with Crippen LogP contribution in [0.4, 0.5) is 11.4 Å². The molecule has 1 saturated heterocycles. The standard InChI is InChI=1S/C15H26N3O/c1-18(8-10-19-11-9-18)7-3-2-4-13-5-6-14(16)12-15(13)17/h5-6,12H,2-4,7-11,16-17H2,1H3/q+1. The third kappa shape index (κ3) is 4.11. The second-order valence-corrected chi connectivity index (χ2v) is 5.82. The Balaban J connectivity index is 1.74. The maximum absolute atomic E-state index is 5.97. The van der Waals surface area contributed by atoms with Gasteiger partial charge in [0.25, 0.3) is 0 Å². The SMILES string of the molecule is C[N+]1(CCCCc2ccc(N)cc2N)CCOCC1. The van der Waals surface area contributed by atoms with Crippen molar-refractivity contribution >= 4 is 11.4 Å². The first kappa shape index (κ1) is 14.2. The molecule has 0 bridgehead atoms. The molecule has 1 aromatic rings. The van der Waals surface area contributed by atoms with Gasteiger partial charge in [-0.3, -0.25) is 0 Å². The molecule has 1 aromatic carbocycles. The lowest BCUT2D eigenvalue weighted by molar-refractivity contribution is -0.917. The third-order valence-electron chi connectivity index (χ3n) is 4.11. The lowest BCUT2D eigenvalue weighted by Crippen LogP contribution is -2.52. The summed E-state index contributed by atoms with van der Waals surface area (Å²) in [6.07, 6.45) is 3.46. The molecule has 1 aliphatic heterocycles. The van der Waals surface area contributed by atoms with Gasteiger partial charge in [-0.15, -0.1) is 0 Å². The van der Waals surface area contributed by atoms with Gasteiger partial charge >= 0.3 is 0 Å². The normalized spacial score (nSPS) is 18.4. The average molecular weight is 264 g/mol. The van der Waals surface area contributed by atoms with Crippen molar-refractivity contribution < 1.29 is 9.22 Å². The fraction of sp³-hybridized carbons (Fsp3) is 0.600. The van der Waals surface area contributed by atoms with Crippen LogP contribution in [0.2, 0.25) is 0 Å². The number of nitrogens with zero attached hydrogens (tertiary/aromatic N) is 1. The number of hydrogen-bond acceptors (Lipinski definition) is 3. The minimum absolute atomic E-state index is 0.743. The molecule has 1 fully saturated rings. The first-order valence-electron chi connectivity index (χ1n) is 7.14. The first-order chi connectivity index (χ1) is 9.09. The molecule has 0 radical (unpaired) electrons. The van der Waals surface area contributed by atoms with Crippen molar-refractivity contribution in [2.24, 2.45) is 0 Å². The number of nitrogens with two attached hydrogens (primary N) is 2. The highest BCUT2D eigenvalue weighted by Crippen LogP contribution is 2.18. The summed E-state index contributed by atoms with van der Waals surface area (Å²) in [7, 11) is 2.33. The number of hydrogen-bond donors (Lipinski definition) is 2. The average Bonchev–Trinajstić information content (AvgIpc) is 2.37. The van der Waals surface area contributed by atoms with Crippen LogP contribution in [0.15, 0.2) is 18.2 Å². The molecular weight excluding hydrogens is 238 g/mol. The number of nitrogen functional groups attached to an aromatic ring is 2. The Labute approximate surface area is 115 Å². The Morgan fingerprint density at radius 3 is 2.58 bits per heavy atom. The largest absolute Gasteiger partial charge is 0.399 e. The van der Waals surface area contributed by atoms with Crippen molar-refractivity contribution in [1.29, 1.82) is 0 Å². The van der Waals surface area contributed by atoms with Gasteiger partial charge < -0.3 is 20.7 Å². The van der Waals surface area contributed by atoms with Crippen molar-refractivity contribution in [2.75, 3.05) is 51.4 Å². The maximum Gasteiger partial charge on any atom is 0.102 e. The molecule has 4 heteroatoms. The van der Waals surface area contributed by atoms with Gasteiger partial charge in [0, 0.05) is 11.4 Å². The summed E-state index contributed by atoms with van der Waals surface area (Å²) in [5.41, 5.74) is 14.5. The van der Waals surface area contributed by atoms with Crippen molar-refractivity contribution in [3.63, 3.8) is 0 Å². The van der Waals surface area contributed by atoms with Crippen LogP contribution < -0.4 is 11.5 Å². The highest BCUT2D eigenvalue weighted by molar-refractivity contribution is 5.56. The van der Waals surface area contributed by atoms with Gasteiger partial charge in [0.15, 0.2) is 0 Å². The predicted octanol–water partition coefficient (Wildman–Crippen LogP) is 1.65. The van der Waals surface area contributed by atoms with Gasteiger partial charge in [-0.2, -0.15) is 0 Å². The molecule has 106 valence electrons. The lowest BCUT2D eigenvalue weighted by atomic mass is 10.1. The van der Waals surface area contributed by atoms with Crippen molar-refractivity contribution in [3.8, 4) is 0 Å². The van der Waals surface area contributed by atoms with E-state index in [9.17, 15) is 0 Å². The number of likely N-dealkylation sites (N-methyl/N-ethyl adjacent to an activating group) is 1. The fourth-order valence-corrected chi connectivity index (χ4v) is 2.66. The lowest BCUT2D eigenvalue weighted by Gasteiger charge is -2.37. The molecule has 1 heterocycles. The molecule has 0 spiro atoms. The molecule has 4 N–H and O–H groups in total. The maximum atomic E-state index is 5.97. The minimum atomic E-state index is 0.743. The van der Waals surface area contributed by atoms with Crippen LogP contribution >= 0.6 is 0 Å². The van der Waals surface area contributed by atoms with E-state index in [4.69, 9.17) is 16.2 Å². The van der Waals surface area contributed by atoms with Crippen molar-refractivity contribution in [1.82, 2.24) is 0 Å². The molecule has 0 saturated carbocycles. The molecular formula is C15H26N3O+. The number of benzene rings is 1.